The Balaban J connectivity index is 2.09. The Bertz CT molecular complexity index is 466. The predicted molar refractivity (Wildman–Crippen MR) is 70.2 cm³/mol. The predicted octanol–water partition coefficient (Wildman–Crippen LogP) is 2.24. The van der Waals surface area contributed by atoms with Gasteiger partial charge in [-0.05, 0) is 24.7 Å². The Kier molecular flexibility index (Phi) is 4.13. The average molecular weight is 266 g/mol. The number of anilines is 1. The molecule has 1 fully saturated rings. The van der Waals surface area contributed by atoms with Gasteiger partial charge in [0.2, 0.25) is 5.82 Å². The zero-order valence-corrected chi connectivity index (χ0v) is 11.1. The van der Waals surface area contributed by atoms with Gasteiger partial charge in [0.15, 0.2) is 0 Å². The molecule has 1 N–H and O–H groups in total. The second kappa shape index (κ2) is 5.81. The van der Waals surface area contributed by atoms with Crippen LogP contribution in [0.1, 0.15) is 26.2 Å². The first-order chi connectivity index (χ1) is 9.11. The van der Waals surface area contributed by atoms with Gasteiger partial charge in [-0.3, -0.25) is 10.1 Å². The molecule has 0 aromatic carbocycles. The summed E-state index contributed by atoms with van der Waals surface area (Å²) in [4.78, 5) is 18.2. The topological polar surface area (TPSA) is 90.2 Å². The van der Waals surface area contributed by atoms with Crippen LogP contribution in [0, 0.1) is 22.0 Å². The summed E-state index contributed by atoms with van der Waals surface area (Å²) in [6.07, 6.45) is 4.81. The number of rotatable bonds is 5. The monoisotopic (exact) mass is 266 g/mol. The lowest BCUT2D eigenvalue weighted by Crippen LogP contribution is -2.14. The van der Waals surface area contributed by atoms with E-state index >= 15 is 0 Å². The molecule has 0 bridgehead atoms. The van der Waals surface area contributed by atoms with Gasteiger partial charge in [0, 0.05) is 6.54 Å². The van der Waals surface area contributed by atoms with E-state index in [1.54, 1.807) is 0 Å². The van der Waals surface area contributed by atoms with Crippen molar-refractivity contribution in [1.29, 1.82) is 0 Å². The fraction of sp³-hybridized carbons (Fsp3) is 0.667. The molecule has 104 valence electrons. The number of aromatic nitrogens is 2. The van der Waals surface area contributed by atoms with Crippen molar-refractivity contribution < 1.29 is 9.66 Å². The van der Waals surface area contributed by atoms with Gasteiger partial charge < -0.3 is 10.1 Å². The molecule has 0 amide bonds. The van der Waals surface area contributed by atoms with E-state index in [1.165, 1.54) is 19.9 Å². The van der Waals surface area contributed by atoms with Gasteiger partial charge >= 0.3 is 5.69 Å². The molecule has 0 radical (unpaired) electrons. The van der Waals surface area contributed by atoms with Crippen LogP contribution in [0.3, 0.4) is 0 Å². The summed E-state index contributed by atoms with van der Waals surface area (Å²) in [5, 5.41) is 14.1. The third-order valence-electron chi connectivity index (χ3n) is 3.53. The van der Waals surface area contributed by atoms with Crippen molar-refractivity contribution in [3.63, 3.8) is 0 Å². The highest BCUT2D eigenvalue weighted by Crippen LogP contribution is 2.33. The third-order valence-corrected chi connectivity index (χ3v) is 3.53. The molecule has 0 saturated heterocycles. The Morgan fingerprint density at radius 1 is 1.53 bits per heavy atom. The molecular weight excluding hydrogens is 248 g/mol. The largest absolute Gasteiger partial charge is 0.476 e. The van der Waals surface area contributed by atoms with E-state index in [0.29, 0.717) is 12.5 Å². The minimum Gasteiger partial charge on any atom is -0.476 e. The second-order valence-corrected chi connectivity index (χ2v) is 5.00. The summed E-state index contributed by atoms with van der Waals surface area (Å²) in [7, 11) is 1.36. The molecule has 2 rings (SSSR count). The van der Waals surface area contributed by atoms with Crippen molar-refractivity contribution in [2.45, 2.75) is 26.2 Å². The van der Waals surface area contributed by atoms with Crippen LogP contribution in [-0.4, -0.2) is 28.5 Å². The molecule has 2 unspecified atom stereocenters. The van der Waals surface area contributed by atoms with E-state index in [0.717, 1.165) is 18.8 Å². The lowest BCUT2D eigenvalue weighted by molar-refractivity contribution is -0.385. The molecule has 1 saturated carbocycles. The van der Waals surface area contributed by atoms with Gasteiger partial charge in [0.25, 0.3) is 5.88 Å². The third kappa shape index (κ3) is 3.10. The summed E-state index contributed by atoms with van der Waals surface area (Å²) in [5.74, 6) is 1.51. The van der Waals surface area contributed by atoms with Crippen molar-refractivity contribution in [3.05, 3.63) is 16.4 Å². The summed E-state index contributed by atoms with van der Waals surface area (Å²) in [6, 6.07) is 0. The Labute approximate surface area is 111 Å². The van der Waals surface area contributed by atoms with Crippen LogP contribution in [0.5, 0.6) is 5.88 Å². The quantitative estimate of drug-likeness (QED) is 0.649. The molecule has 7 nitrogen and oxygen atoms in total. The van der Waals surface area contributed by atoms with Crippen LogP contribution in [0.2, 0.25) is 0 Å². The van der Waals surface area contributed by atoms with Crippen molar-refractivity contribution in [3.8, 4) is 5.88 Å². The minimum absolute atomic E-state index is 0.0118. The fourth-order valence-corrected chi connectivity index (χ4v) is 2.56. The molecule has 2 atom stereocenters. The number of methoxy groups -OCH3 is 1. The van der Waals surface area contributed by atoms with Gasteiger partial charge in [0.1, 0.15) is 6.33 Å². The molecule has 7 heteroatoms. The molecule has 1 heterocycles. The Morgan fingerprint density at radius 3 is 2.89 bits per heavy atom. The maximum absolute atomic E-state index is 11.1. The molecular formula is C12H18N4O3. The Morgan fingerprint density at radius 2 is 2.32 bits per heavy atom. The number of nitro groups is 1. The highest BCUT2D eigenvalue weighted by atomic mass is 16.6. The average Bonchev–Trinajstić information content (AvgIpc) is 2.81. The summed E-state index contributed by atoms with van der Waals surface area (Å²) in [6.45, 7) is 2.93. The summed E-state index contributed by atoms with van der Waals surface area (Å²) >= 11 is 0. The maximum Gasteiger partial charge on any atom is 0.372 e. The number of hydrogen-bond acceptors (Lipinski definition) is 6. The van der Waals surface area contributed by atoms with E-state index in [2.05, 4.69) is 22.2 Å². The van der Waals surface area contributed by atoms with Crippen LogP contribution in [-0.2, 0) is 0 Å². The highest BCUT2D eigenvalue weighted by Gasteiger charge is 2.26. The van der Waals surface area contributed by atoms with Crippen LogP contribution in [0.15, 0.2) is 6.33 Å². The van der Waals surface area contributed by atoms with Crippen LogP contribution >= 0.6 is 0 Å². The van der Waals surface area contributed by atoms with Crippen molar-refractivity contribution in [1.82, 2.24) is 9.97 Å². The van der Waals surface area contributed by atoms with Gasteiger partial charge in [-0.2, -0.15) is 4.98 Å². The lowest BCUT2D eigenvalue weighted by Gasteiger charge is -2.12. The number of nitrogens with zero attached hydrogens (tertiary/aromatic N) is 3. The van der Waals surface area contributed by atoms with Gasteiger partial charge in [-0.1, -0.05) is 13.3 Å². The highest BCUT2D eigenvalue weighted by molar-refractivity contribution is 5.61. The van der Waals surface area contributed by atoms with Gasteiger partial charge in [-0.25, -0.2) is 4.98 Å². The van der Waals surface area contributed by atoms with Crippen LogP contribution in [0.25, 0.3) is 0 Å². The standard InChI is InChI=1S/C12H18N4O3/c1-8-3-4-9(5-8)6-13-11-10(16(17)18)12(19-2)15-7-14-11/h7-9H,3-6H2,1-2H3,(H,13,14,15). The smallest absolute Gasteiger partial charge is 0.372 e. The van der Waals surface area contributed by atoms with Gasteiger partial charge in [0.05, 0.1) is 12.0 Å². The second-order valence-electron chi connectivity index (χ2n) is 5.00. The Hall–Kier alpha value is -1.92. The molecule has 0 spiro atoms. The van der Waals surface area contributed by atoms with E-state index in [4.69, 9.17) is 4.74 Å². The number of hydrogen-bond donors (Lipinski definition) is 1. The van der Waals surface area contributed by atoms with E-state index < -0.39 is 4.92 Å². The van der Waals surface area contributed by atoms with Crippen LogP contribution in [0.4, 0.5) is 11.5 Å². The summed E-state index contributed by atoms with van der Waals surface area (Å²) < 4.78 is 4.90. The molecule has 1 aromatic heterocycles. The normalized spacial score (nSPS) is 22.2. The SMILES string of the molecule is COc1ncnc(NCC2CCC(C)C2)c1[N+](=O)[O-]. The van der Waals surface area contributed by atoms with Gasteiger partial charge in [-0.15, -0.1) is 0 Å². The van der Waals surface area contributed by atoms with E-state index in [9.17, 15) is 10.1 Å². The molecule has 1 aromatic rings. The lowest BCUT2D eigenvalue weighted by atomic mass is 10.1. The summed E-state index contributed by atoms with van der Waals surface area (Å²) in [5.41, 5.74) is -0.198. The van der Waals surface area contributed by atoms with E-state index in [1.807, 2.05) is 0 Å². The van der Waals surface area contributed by atoms with E-state index in [-0.39, 0.29) is 17.4 Å². The van der Waals surface area contributed by atoms with Crippen molar-refractivity contribution in [2.24, 2.45) is 11.8 Å². The fourth-order valence-electron chi connectivity index (χ4n) is 2.56. The van der Waals surface area contributed by atoms with Crippen LogP contribution < -0.4 is 10.1 Å². The molecule has 1 aliphatic rings. The van der Waals surface area contributed by atoms with Crippen molar-refractivity contribution in [2.75, 3.05) is 19.0 Å². The van der Waals surface area contributed by atoms with Crippen molar-refractivity contribution >= 4 is 11.5 Å². The molecule has 0 aliphatic heterocycles. The minimum atomic E-state index is -0.515. The number of ether oxygens (including phenoxy) is 1. The first kappa shape index (κ1) is 13.5. The first-order valence-electron chi connectivity index (χ1n) is 6.39. The molecule has 19 heavy (non-hydrogen) atoms. The first-order valence-corrected chi connectivity index (χ1v) is 6.39. The zero-order chi connectivity index (χ0) is 13.8. The number of nitrogens with one attached hydrogen (secondary N) is 1. The zero-order valence-electron chi connectivity index (χ0n) is 11.1. The molecule has 1 aliphatic carbocycles. The maximum atomic E-state index is 11.1.